The fourth-order valence-corrected chi connectivity index (χ4v) is 4.12. The van der Waals surface area contributed by atoms with Gasteiger partial charge in [0.05, 0.1) is 6.61 Å². The van der Waals surface area contributed by atoms with E-state index in [-0.39, 0.29) is 6.61 Å². The van der Waals surface area contributed by atoms with E-state index in [2.05, 4.69) is 39.0 Å². The van der Waals surface area contributed by atoms with E-state index in [1.807, 2.05) is 24.5 Å². The minimum atomic E-state index is -0.465. The molecule has 2 aromatic heterocycles. The molecule has 0 radical (unpaired) electrons. The first-order valence-electron chi connectivity index (χ1n) is 9.78. The molecule has 0 atom stereocenters. The van der Waals surface area contributed by atoms with Crippen LogP contribution in [0.15, 0.2) is 59.9 Å². The summed E-state index contributed by atoms with van der Waals surface area (Å²) >= 11 is 1.49. The van der Waals surface area contributed by atoms with Gasteiger partial charge in [0.1, 0.15) is 5.82 Å². The maximum atomic E-state index is 11.7. The van der Waals surface area contributed by atoms with Gasteiger partial charge in [-0.3, -0.25) is 14.6 Å². The number of aryl methyl sites for hydroxylation is 1. The minimum Gasteiger partial charge on any atom is -0.395 e. The van der Waals surface area contributed by atoms with E-state index in [0.29, 0.717) is 18.9 Å². The summed E-state index contributed by atoms with van der Waals surface area (Å²) in [5.74, 6) is 0.657. The van der Waals surface area contributed by atoms with Crippen molar-refractivity contribution in [2.75, 3.05) is 24.6 Å². The zero-order valence-corrected chi connectivity index (χ0v) is 17.2. The van der Waals surface area contributed by atoms with Crippen molar-refractivity contribution in [1.82, 2.24) is 14.7 Å². The van der Waals surface area contributed by atoms with E-state index < -0.39 is 6.03 Å². The molecule has 7 nitrogen and oxygen atoms in total. The van der Waals surface area contributed by atoms with Crippen molar-refractivity contribution in [3.8, 4) is 22.3 Å². The number of amides is 2. The molecule has 4 rings (SSSR count). The van der Waals surface area contributed by atoms with Crippen molar-refractivity contribution >= 4 is 23.8 Å². The molecule has 3 aromatic rings. The number of hydrogen-bond acceptors (Lipinski definition) is 6. The summed E-state index contributed by atoms with van der Waals surface area (Å²) in [6, 6.07) is 11.9. The number of benzene rings is 1. The van der Waals surface area contributed by atoms with Gasteiger partial charge in [0, 0.05) is 53.3 Å². The molecule has 0 fully saturated rings. The molecule has 154 valence electrons. The number of rotatable bonds is 6. The number of fused-ring (bicyclic) bond motifs is 1. The molecule has 0 spiro atoms. The van der Waals surface area contributed by atoms with Crippen LogP contribution in [0.25, 0.3) is 22.3 Å². The van der Waals surface area contributed by atoms with Gasteiger partial charge in [-0.15, -0.1) is 0 Å². The van der Waals surface area contributed by atoms with Crippen LogP contribution in [0.2, 0.25) is 0 Å². The molecular formula is C22H23N5O2S. The minimum absolute atomic E-state index is 0.113. The smallest absolute Gasteiger partial charge is 0.320 e. The van der Waals surface area contributed by atoms with Crippen LogP contribution in [-0.4, -0.2) is 40.8 Å². The third-order valence-corrected chi connectivity index (χ3v) is 5.81. The van der Waals surface area contributed by atoms with Crippen LogP contribution in [0.3, 0.4) is 0 Å². The topological polar surface area (TPSA) is 104 Å². The average molecular weight is 422 g/mol. The monoisotopic (exact) mass is 421 g/mol. The quantitative estimate of drug-likeness (QED) is 0.417. The van der Waals surface area contributed by atoms with E-state index in [9.17, 15) is 4.79 Å². The Morgan fingerprint density at radius 3 is 2.57 bits per heavy atom. The van der Waals surface area contributed by atoms with Gasteiger partial charge < -0.3 is 10.8 Å². The number of carbonyl (C=O) groups excluding carboxylic acids is 1. The lowest BCUT2D eigenvalue weighted by Crippen LogP contribution is -2.40. The van der Waals surface area contributed by atoms with E-state index in [0.717, 1.165) is 45.6 Å². The Kier molecular flexibility index (Phi) is 6.27. The van der Waals surface area contributed by atoms with Crippen LogP contribution >= 0.6 is 11.9 Å². The number of anilines is 1. The summed E-state index contributed by atoms with van der Waals surface area (Å²) in [7, 11) is 0. The van der Waals surface area contributed by atoms with Crippen molar-refractivity contribution in [2.45, 2.75) is 17.7 Å². The molecule has 1 aliphatic rings. The number of aliphatic hydroxyl groups is 1. The molecule has 3 heterocycles. The van der Waals surface area contributed by atoms with Crippen LogP contribution in [0.5, 0.6) is 0 Å². The zero-order chi connectivity index (χ0) is 20.9. The highest BCUT2D eigenvalue weighted by molar-refractivity contribution is 7.97. The Labute approximate surface area is 179 Å². The highest BCUT2D eigenvalue weighted by Gasteiger charge is 2.22. The number of hydrogen-bond donors (Lipinski definition) is 3. The largest absolute Gasteiger partial charge is 0.395 e. The molecule has 2 amide bonds. The van der Waals surface area contributed by atoms with Gasteiger partial charge in [0.15, 0.2) is 0 Å². The second-order valence-electron chi connectivity index (χ2n) is 7.01. The standard InChI is InChI=1S/C22H23N5O2S/c23-22(29)27-8-1-2-16-10-19(14-25-21(16)27)18-11-17(12-24-13-18)15-3-5-20(6-4-15)30-26-7-9-28/h3-6,10-14,26,28H,1-2,7-9H2,(H2,23,29). The molecule has 0 saturated heterocycles. The summed E-state index contributed by atoms with van der Waals surface area (Å²) in [6.45, 7) is 1.27. The van der Waals surface area contributed by atoms with Crippen molar-refractivity contribution in [3.63, 3.8) is 0 Å². The summed E-state index contributed by atoms with van der Waals surface area (Å²) < 4.78 is 3.09. The van der Waals surface area contributed by atoms with Gasteiger partial charge in [0.25, 0.3) is 0 Å². The van der Waals surface area contributed by atoms with Gasteiger partial charge in [-0.05, 0) is 60.2 Å². The molecule has 4 N–H and O–H groups in total. The molecule has 0 unspecified atom stereocenters. The van der Waals surface area contributed by atoms with Gasteiger partial charge in [-0.25, -0.2) is 9.78 Å². The summed E-state index contributed by atoms with van der Waals surface area (Å²) in [6.07, 6.45) is 7.18. The first-order valence-corrected chi connectivity index (χ1v) is 10.6. The number of pyridine rings is 2. The van der Waals surface area contributed by atoms with E-state index in [4.69, 9.17) is 10.8 Å². The highest BCUT2D eigenvalue weighted by Crippen LogP contribution is 2.31. The zero-order valence-electron chi connectivity index (χ0n) is 16.4. The summed E-state index contributed by atoms with van der Waals surface area (Å²) in [5, 5.41) is 8.85. The predicted octanol–water partition coefficient (Wildman–Crippen LogP) is 3.23. The summed E-state index contributed by atoms with van der Waals surface area (Å²) in [5.41, 5.74) is 10.5. The molecule has 30 heavy (non-hydrogen) atoms. The van der Waals surface area contributed by atoms with Crippen molar-refractivity contribution < 1.29 is 9.90 Å². The van der Waals surface area contributed by atoms with E-state index >= 15 is 0 Å². The molecule has 1 aliphatic heterocycles. The number of carbonyl (C=O) groups is 1. The molecular weight excluding hydrogens is 398 g/mol. The number of aromatic nitrogens is 2. The van der Waals surface area contributed by atoms with E-state index in [1.54, 1.807) is 6.20 Å². The third kappa shape index (κ3) is 4.46. The van der Waals surface area contributed by atoms with Crippen LogP contribution in [0.4, 0.5) is 10.6 Å². The molecule has 1 aromatic carbocycles. The Morgan fingerprint density at radius 2 is 1.83 bits per heavy atom. The first-order chi connectivity index (χ1) is 14.7. The number of nitrogens with one attached hydrogen (secondary N) is 1. The Balaban J connectivity index is 1.57. The lowest BCUT2D eigenvalue weighted by molar-refractivity contribution is 0.253. The fraction of sp³-hybridized carbons (Fsp3) is 0.227. The Bertz CT molecular complexity index is 1040. The summed E-state index contributed by atoms with van der Waals surface area (Å²) in [4.78, 5) is 23.2. The van der Waals surface area contributed by atoms with Crippen molar-refractivity contribution in [3.05, 3.63) is 60.6 Å². The normalized spacial score (nSPS) is 13.2. The Hall–Kier alpha value is -2.94. The third-order valence-electron chi connectivity index (χ3n) is 4.96. The lowest BCUT2D eigenvalue weighted by Gasteiger charge is -2.26. The van der Waals surface area contributed by atoms with Gasteiger partial charge in [0.2, 0.25) is 0 Å². The lowest BCUT2D eigenvalue weighted by atomic mass is 9.99. The van der Waals surface area contributed by atoms with Crippen LogP contribution in [-0.2, 0) is 6.42 Å². The van der Waals surface area contributed by atoms with Crippen LogP contribution < -0.4 is 15.4 Å². The van der Waals surface area contributed by atoms with Gasteiger partial charge in [-0.2, -0.15) is 0 Å². The number of primary amides is 1. The molecule has 8 heteroatoms. The number of urea groups is 1. The van der Waals surface area contributed by atoms with Gasteiger partial charge >= 0.3 is 6.03 Å². The second-order valence-corrected chi connectivity index (χ2v) is 7.97. The maximum Gasteiger partial charge on any atom is 0.320 e. The number of aliphatic hydroxyl groups excluding tert-OH is 1. The number of nitrogens with zero attached hydrogens (tertiary/aromatic N) is 3. The van der Waals surface area contributed by atoms with Crippen molar-refractivity contribution in [2.24, 2.45) is 5.73 Å². The fourth-order valence-electron chi connectivity index (χ4n) is 3.49. The predicted molar refractivity (Wildman–Crippen MR) is 119 cm³/mol. The average Bonchev–Trinajstić information content (AvgIpc) is 2.79. The maximum absolute atomic E-state index is 11.7. The molecule has 0 saturated carbocycles. The number of nitrogens with two attached hydrogens (primary N) is 1. The van der Waals surface area contributed by atoms with E-state index in [1.165, 1.54) is 16.8 Å². The van der Waals surface area contributed by atoms with Crippen LogP contribution in [0.1, 0.15) is 12.0 Å². The SMILES string of the molecule is NC(=O)N1CCCc2cc(-c3cncc(-c4ccc(SNCCO)cc4)c3)cnc21. The Morgan fingerprint density at radius 1 is 1.10 bits per heavy atom. The van der Waals surface area contributed by atoms with Gasteiger partial charge in [-0.1, -0.05) is 12.1 Å². The highest BCUT2D eigenvalue weighted by atomic mass is 32.2. The molecule has 0 bridgehead atoms. The van der Waals surface area contributed by atoms with Crippen LogP contribution in [0, 0.1) is 0 Å². The second kappa shape index (κ2) is 9.25. The van der Waals surface area contributed by atoms with Crippen molar-refractivity contribution in [1.29, 1.82) is 0 Å². The molecule has 0 aliphatic carbocycles. The first kappa shape index (κ1) is 20.3.